The van der Waals surface area contributed by atoms with Crippen molar-refractivity contribution in [2.45, 2.75) is 13.0 Å². The molecule has 1 aromatic heterocycles. The number of rotatable bonds is 6. The molecule has 140 valence electrons. The third kappa shape index (κ3) is 4.01. The van der Waals surface area contributed by atoms with Crippen molar-refractivity contribution in [3.8, 4) is 17.0 Å². The van der Waals surface area contributed by atoms with Crippen molar-refractivity contribution in [3.63, 3.8) is 0 Å². The van der Waals surface area contributed by atoms with Crippen LogP contribution in [-0.4, -0.2) is 16.1 Å². The number of carboxylic acids is 1. The Bertz CT molecular complexity index is 1160. The minimum Gasteiger partial charge on any atom is -0.486 e. The van der Waals surface area contributed by atoms with E-state index < -0.39 is 5.97 Å². The van der Waals surface area contributed by atoms with Crippen molar-refractivity contribution in [2.75, 3.05) is 0 Å². The first-order valence-corrected chi connectivity index (χ1v) is 9.91. The summed E-state index contributed by atoms with van der Waals surface area (Å²) in [5.74, 6) is -0.125. The number of hydrogen-bond donors (Lipinski definition) is 1. The molecular formula is C22H16ClNO3S. The number of benzene rings is 3. The lowest BCUT2D eigenvalue weighted by molar-refractivity contribution is -0.136. The van der Waals surface area contributed by atoms with E-state index in [-0.39, 0.29) is 6.42 Å². The monoisotopic (exact) mass is 409 g/mol. The Morgan fingerprint density at radius 3 is 2.79 bits per heavy atom. The zero-order valence-corrected chi connectivity index (χ0v) is 16.3. The molecule has 0 atom stereocenters. The highest BCUT2D eigenvalue weighted by atomic mass is 35.5. The number of thiazole rings is 1. The smallest absolute Gasteiger partial charge is 0.307 e. The van der Waals surface area contributed by atoms with Crippen LogP contribution in [0, 0.1) is 0 Å². The summed E-state index contributed by atoms with van der Waals surface area (Å²) in [6.07, 6.45) is 0.00147. The van der Waals surface area contributed by atoms with Crippen LogP contribution in [0.15, 0.2) is 66.0 Å². The second kappa shape index (κ2) is 8.00. The number of carboxylic acid groups (broad SMARTS) is 1. The zero-order valence-electron chi connectivity index (χ0n) is 14.8. The first kappa shape index (κ1) is 18.5. The van der Waals surface area contributed by atoms with Gasteiger partial charge in [-0.25, -0.2) is 4.98 Å². The number of halogens is 1. The van der Waals surface area contributed by atoms with E-state index in [1.807, 2.05) is 66.0 Å². The topological polar surface area (TPSA) is 59.4 Å². The summed E-state index contributed by atoms with van der Waals surface area (Å²) in [5, 5.41) is 14.4. The van der Waals surface area contributed by atoms with E-state index >= 15 is 0 Å². The maximum atomic E-state index is 11.0. The van der Waals surface area contributed by atoms with Crippen LogP contribution in [0.25, 0.3) is 22.0 Å². The molecule has 6 heteroatoms. The quantitative estimate of drug-likeness (QED) is 0.435. The first-order valence-electron chi connectivity index (χ1n) is 8.66. The highest BCUT2D eigenvalue weighted by Gasteiger charge is 2.09. The van der Waals surface area contributed by atoms with Gasteiger partial charge < -0.3 is 9.84 Å². The lowest BCUT2D eigenvalue weighted by Gasteiger charge is -2.08. The van der Waals surface area contributed by atoms with E-state index in [0.29, 0.717) is 11.6 Å². The van der Waals surface area contributed by atoms with Crippen molar-refractivity contribution in [1.29, 1.82) is 0 Å². The van der Waals surface area contributed by atoms with Gasteiger partial charge in [-0.15, -0.1) is 11.3 Å². The molecule has 0 saturated heterocycles. The van der Waals surface area contributed by atoms with E-state index in [0.717, 1.165) is 38.4 Å². The molecule has 0 aliphatic heterocycles. The molecule has 0 aliphatic rings. The zero-order chi connectivity index (χ0) is 19.5. The Morgan fingerprint density at radius 2 is 1.96 bits per heavy atom. The maximum Gasteiger partial charge on any atom is 0.307 e. The van der Waals surface area contributed by atoms with Gasteiger partial charge in [0, 0.05) is 16.0 Å². The van der Waals surface area contributed by atoms with E-state index in [1.165, 1.54) is 11.3 Å². The van der Waals surface area contributed by atoms with Gasteiger partial charge in [0.25, 0.3) is 0 Å². The number of fused-ring (bicyclic) bond motifs is 1. The van der Waals surface area contributed by atoms with Crippen LogP contribution in [0.5, 0.6) is 5.75 Å². The number of aliphatic carboxylic acids is 1. The normalized spacial score (nSPS) is 10.9. The van der Waals surface area contributed by atoms with E-state index in [9.17, 15) is 4.79 Å². The molecule has 0 radical (unpaired) electrons. The van der Waals surface area contributed by atoms with E-state index in [1.54, 1.807) is 0 Å². The average molecular weight is 410 g/mol. The highest BCUT2D eigenvalue weighted by Crippen LogP contribution is 2.29. The van der Waals surface area contributed by atoms with Crippen molar-refractivity contribution in [3.05, 3.63) is 81.6 Å². The van der Waals surface area contributed by atoms with Crippen LogP contribution in [-0.2, 0) is 17.8 Å². The molecule has 1 N–H and O–H groups in total. The summed E-state index contributed by atoms with van der Waals surface area (Å²) in [6.45, 7) is 0.357. The predicted molar refractivity (Wildman–Crippen MR) is 112 cm³/mol. The molecule has 0 fully saturated rings. The number of nitrogens with zero attached hydrogens (tertiary/aromatic N) is 1. The molecule has 0 saturated carbocycles. The minimum atomic E-state index is -0.842. The Morgan fingerprint density at radius 1 is 1.11 bits per heavy atom. The summed E-state index contributed by atoms with van der Waals surface area (Å²) in [7, 11) is 0. The van der Waals surface area contributed by atoms with Crippen LogP contribution in [0.1, 0.15) is 10.6 Å². The van der Waals surface area contributed by atoms with Crippen LogP contribution in [0.4, 0.5) is 0 Å². The average Bonchev–Trinajstić information content (AvgIpc) is 3.15. The molecule has 0 unspecified atom stereocenters. The molecule has 0 spiro atoms. The molecule has 1 heterocycles. The van der Waals surface area contributed by atoms with Crippen molar-refractivity contribution in [2.24, 2.45) is 0 Å². The van der Waals surface area contributed by atoms with Crippen molar-refractivity contribution < 1.29 is 14.6 Å². The number of carbonyl (C=O) groups is 1. The Hall–Kier alpha value is -2.89. The number of aromatic nitrogens is 1. The molecule has 28 heavy (non-hydrogen) atoms. The third-order valence-corrected chi connectivity index (χ3v) is 5.50. The minimum absolute atomic E-state index is 0.00147. The second-order valence-corrected chi connectivity index (χ2v) is 7.62. The standard InChI is InChI=1S/C22H16ClNO3S/c23-19-7-2-1-6-18(19)20-13-28-21(24-20)12-27-16-8-9-17-14(10-16)4-3-5-15(17)11-22(25)26/h1-10,13H,11-12H2,(H,25,26). The van der Waals surface area contributed by atoms with Crippen molar-refractivity contribution >= 4 is 39.7 Å². The largest absolute Gasteiger partial charge is 0.486 e. The molecule has 0 bridgehead atoms. The van der Waals surface area contributed by atoms with Gasteiger partial charge >= 0.3 is 5.97 Å². The maximum absolute atomic E-state index is 11.0. The summed E-state index contributed by atoms with van der Waals surface area (Å²) in [5.41, 5.74) is 2.54. The fraction of sp³-hybridized carbons (Fsp3) is 0.0909. The number of ether oxygens (including phenoxy) is 1. The SMILES string of the molecule is O=C(O)Cc1cccc2cc(OCc3nc(-c4ccccc4Cl)cs3)ccc12. The van der Waals surface area contributed by atoms with Gasteiger partial charge in [-0.2, -0.15) is 0 Å². The molecule has 4 rings (SSSR count). The van der Waals surface area contributed by atoms with Crippen LogP contribution in [0.3, 0.4) is 0 Å². The van der Waals surface area contributed by atoms with Gasteiger partial charge in [-0.3, -0.25) is 4.79 Å². The fourth-order valence-corrected chi connectivity index (χ4v) is 3.99. The molecular weight excluding hydrogens is 394 g/mol. The van der Waals surface area contributed by atoms with E-state index in [2.05, 4.69) is 4.98 Å². The Kier molecular flexibility index (Phi) is 5.28. The Labute approximate surface area is 171 Å². The summed E-state index contributed by atoms with van der Waals surface area (Å²) >= 11 is 7.76. The van der Waals surface area contributed by atoms with Gasteiger partial charge in [0.05, 0.1) is 12.1 Å². The van der Waals surface area contributed by atoms with Gasteiger partial charge in [-0.1, -0.05) is 54.1 Å². The Balaban J connectivity index is 1.50. The van der Waals surface area contributed by atoms with E-state index in [4.69, 9.17) is 21.4 Å². The first-order chi connectivity index (χ1) is 13.6. The third-order valence-electron chi connectivity index (χ3n) is 4.35. The second-order valence-electron chi connectivity index (χ2n) is 6.27. The van der Waals surface area contributed by atoms with Gasteiger partial charge in [0.2, 0.25) is 0 Å². The van der Waals surface area contributed by atoms with Crippen LogP contribution >= 0.6 is 22.9 Å². The lowest BCUT2D eigenvalue weighted by Crippen LogP contribution is -2.00. The van der Waals surface area contributed by atoms with Gasteiger partial charge in [0.1, 0.15) is 17.4 Å². The molecule has 4 aromatic rings. The summed E-state index contributed by atoms with van der Waals surface area (Å²) < 4.78 is 5.90. The fourth-order valence-electron chi connectivity index (χ4n) is 3.05. The summed E-state index contributed by atoms with van der Waals surface area (Å²) in [4.78, 5) is 15.6. The predicted octanol–water partition coefficient (Wildman–Crippen LogP) is 5.82. The van der Waals surface area contributed by atoms with Gasteiger partial charge in [0.15, 0.2) is 0 Å². The van der Waals surface area contributed by atoms with Crippen molar-refractivity contribution in [1.82, 2.24) is 4.98 Å². The lowest BCUT2D eigenvalue weighted by atomic mass is 10.0. The van der Waals surface area contributed by atoms with Crippen LogP contribution < -0.4 is 4.74 Å². The number of hydrogen-bond acceptors (Lipinski definition) is 4. The summed E-state index contributed by atoms with van der Waals surface area (Å²) in [6, 6.07) is 18.9. The van der Waals surface area contributed by atoms with Crippen LogP contribution in [0.2, 0.25) is 5.02 Å². The van der Waals surface area contributed by atoms with Gasteiger partial charge in [-0.05, 0) is 34.5 Å². The molecule has 3 aromatic carbocycles. The molecule has 0 amide bonds. The molecule has 4 nitrogen and oxygen atoms in total. The molecule has 0 aliphatic carbocycles. The highest BCUT2D eigenvalue weighted by molar-refractivity contribution is 7.09.